The van der Waals surface area contributed by atoms with Gasteiger partial charge in [0.05, 0.1) is 6.10 Å². The number of carboxylic acid groups (broad SMARTS) is 1. The molecule has 2 N–H and O–H groups in total. The molecule has 0 heterocycles. The largest absolute Gasteiger partial charge is 0.481 e. The van der Waals surface area contributed by atoms with E-state index in [-0.39, 0.29) is 11.5 Å². The number of hydrogen-bond acceptors (Lipinski definition) is 2. The van der Waals surface area contributed by atoms with Crippen LogP contribution in [0.3, 0.4) is 0 Å². The van der Waals surface area contributed by atoms with Crippen molar-refractivity contribution in [1.82, 2.24) is 0 Å². The lowest BCUT2D eigenvalue weighted by Gasteiger charge is -2.61. The summed E-state index contributed by atoms with van der Waals surface area (Å²) in [6.07, 6.45) is 11.1. The van der Waals surface area contributed by atoms with E-state index in [4.69, 9.17) is 5.11 Å². The molecule has 0 spiro atoms. The summed E-state index contributed by atoms with van der Waals surface area (Å²) in [5, 5.41) is 19.7. The smallest absolute Gasteiger partial charge is 0.303 e. The molecule has 4 aliphatic carbocycles. The first kappa shape index (κ1) is 16.9. The average Bonchev–Trinajstić information content (AvgIpc) is 2.83. The van der Waals surface area contributed by atoms with Gasteiger partial charge in [-0.2, -0.15) is 0 Å². The maximum Gasteiger partial charge on any atom is 0.303 e. The fourth-order valence-corrected chi connectivity index (χ4v) is 7.75. The van der Waals surface area contributed by atoms with E-state index in [1.165, 1.54) is 38.5 Å². The van der Waals surface area contributed by atoms with Gasteiger partial charge in [0.1, 0.15) is 0 Å². The number of aliphatic hydroxyl groups excluding tert-OH is 1. The summed E-state index contributed by atoms with van der Waals surface area (Å²) < 4.78 is 0. The lowest BCUT2D eigenvalue weighted by Crippen LogP contribution is -2.54. The second kappa shape index (κ2) is 5.72. The van der Waals surface area contributed by atoms with Gasteiger partial charge in [0.25, 0.3) is 0 Å². The molecule has 0 aliphatic heterocycles. The van der Waals surface area contributed by atoms with E-state index < -0.39 is 5.97 Å². The molecule has 24 heavy (non-hydrogen) atoms. The fourth-order valence-electron chi connectivity index (χ4n) is 7.75. The quantitative estimate of drug-likeness (QED) is 0.783. The second-order valence-corrected chi connectivity index (χ2v) is 10.0. The van der Waals surface area contributed by atoms with E-state index in [1.54, 1.807) is 0 Å². The zero-order chi connectivity index (χ0) is 17.1. The Morgan fingerprint density at radius 3 is 2.42 bits per heavy atom. The monoisotopic (exact) mass is 334 g/mol. The van der Waals surface area contributed by atoms with Crippen LogP contribution < -0.4 is 0 Å². The highest BCUT2D eigenvalue weighted by atomic mass is 16.4. The van der Waals surface area contributed by atoms with Crippen LogP contribution in [-0.2, 0) is 4.79 Å². The average molecular weight is 335 g/mol. The molecule has 136 valence electrons. The molecule has 4 aliphatic rings. The Bertz CT molecular complexity index is 517. The van der Waals surface area contributed by atoms with Gasteiger partial charge in [-0.3, -0.25) is 4.79 Å². The van der Waals surface area contributed by atoms with Gasteiger partial charge in [0.2, 0.25) is 0 Å². The van der Waals surface area contributed by atoms with Gasteiger partial charge in [-0.15, -0.1) is 0 Å². The third-order valence-corrected chi connectivity index (χ3v) is 9.19. The zero-order valence-electron chi connectivity index (χ0n) is 15.3. The van der Waals surface area contributed by atoms with Crippen molar-refractivity contribution in [2.24, 2.45) is 40.4 Å². The molecule has 0 aromatic heterocycles. The first-order chi connectivity index (χ1) is 11.3. The molecule has 0 aromatic rings. The van der Waals surface area contributed by atoms with Gasteiger partial charge in [0.15, 0.2) is 0 Å². The van der Waals surface area contributed by atoms with Gasteiger partial charge >= 0.3 is 5.97 Å². The van der Waals surface area contributed by atoms with Crippen LogP contribution in [0.25, 0.3) is 0 Å². The molecule has 0 amide bonds. The molecular formula is C21H34O3. The van der Waals surface area contributed by atoms with Crippen LogP contribution in [0.15, 0.2) is 0 Å². The Morgan fingerprint density at radius 2 is 1.67 bits per heavy atom. The van der Waals surface area contributed by atoms with Crippen LogP contribution in [0.2, 0.25) is 0 Å². The summed E-state index contributed by atoms with van der Waals surface area (Å²) >= 11 is 0. The summed E-state index contributed by atoms with van der Waals surface area (Å²) in [4.78, 5) is 11.1. The van der Waals surface area contributed by atoms with E-state index >= 15 is 0 Å². The minimum atomic E-state index is -0.620. The third-order valence-electron chi connectivity index (χ3n) is 9.19. The molecule has 3 heteroatoms. The Morgan fingerprint density at radius 1 is 0.958 bits per heavy atom. The molecule has 3 nitrogen and oxygen atoms in total. The normalized spacial score (nSPS) is 53.8. The molecule has 4 fully saturated rings. The molecular weight excluding hydrogens is 300 g/mol. The Hall–Kier alpha value is -0.570. The van der Waals surface area contributed by atoms with Gasteiger partial charge in [0, 0.05) is 6.42 Å². The van der Waals surface area contributed by atoms with Crippen molar-refractivity contribution in [3.05, 3.63) is 0 Å². The molecule has 0 radical (unpaired) electrons. The van der Waals surface area contributed by atoms with E-state index in [2.05, 4.69) is 13.8 Å². The maximum atomic E-state index is 11.1. The highest BCUT2D eigenvalue weighted by Gasteiger charge is 2.59. The minimum Gasteiger partial charge on any atom is -0.481 e. The molecule has 8 atom stereocenters. The van der Waals surface area contributed by atoms with Crippen molar-refractivity contribution >= 4 is 5.97 Å². The summed E-state index contributed by atoms with van der Waals surface area (Å²) in [5.41, 5.74) is 0.595. The van der Waals surface area contributed by atoms with Crippen molar-refractivity contribution in [2.75, 3.05) is 0 Å². The summed E-state index contributed by atoms with van der Waals surface area (Å²) in [6.45, 7) is 4.88. The SMILES string of the molecule is C[C@]12CC[C@H](CC(=O)O)C[C@@H]1CC[C@H]1[C@H]2CC[C@@]2(C)[C@@H]1CC[C@@H]2O. The van der Waals surface area contributed by atoms with Gasteiger partial charge in [-0.1, -0.05) is 13.8 Å². The molecule has 0 bridgehead atoms. The molecule has 0 aromatic carbocycles. The maximum absolute atomic E-state index is 11.1. The van der Waals surface area contributed by atoms with E-state index in [1.807, 2.05) is 0 Å². The highest BCUT2D eigenvalue weighted by molar-refractivity contribution is 5.67. The van der Waals surface area contributed by atoms with Crippen LogP contribution >= 0.6 is 0 Å². The first-order valence-electron chi connectivity index (χ1n) is 10.2. The first-order valence-corrected chi connectivity index (χ1v) is 10.2. The predicted molar refractivity (Wildman–Crippen MR) is 93.5 cm³/mol. The summed E-state index contributed by atoms with van der Waals surface area (Å²) in [5.74, 6) is 2.85. The fraction of sp³-hybridized carbons (Fsp3) is 0.952. The number of fused-ring (bicyclic) bond motifs is 5. The number of carboxylic acids is 1. The Kier molecular flexibility index (Phi) is 4.02. The van der Waals surface area contributed by atoms with Crippen LogP contribution in [0, 0.1) is 40.4 Å². The van der Waals surface area contributed by atoms with Crippen LogP contribution in [0.5, 0.6) is 0 Å². The number of rotatable bonds is 2. The van der Waals surface area contributed by atoms with Gasteiger partial charge < -0.3 is 10.2 Å². The zero-order valence-corrected chi connectivity index (χ0v) is 15.3. The van der Waals surface area contributed by atoms with E-state index in [0.717, 1.165) is 42.9 Å². The third kappa shape index (κ3) is 2.37. The molecule has 0 saturated heterocycles. The number of aliphatic hydroxyl groups is 1. The summed E-state index contributed by atoms with van der Waals surface area (Å²) in [7, 11) is 0. The van der Waals surface area contributed by atoms with E-state index in [0.29, 0.717) is 17.8 Å². The topological polar surface area (TPSA) is 57.5 Å². The predicted octanol–water partition coefficient (Wildman–Crippen LogP) is 4.48. The van der Waals surface area contributed by atoms with Gasteiger partial charge in [-0.05, 0) is 98.2 Å². The summed E-state index contributed by atoms with van der Waals surface area (Å²) in [6, 6.07) is 0. The van der Waals surface area contributed by atoms with Crippen molar-refractivity contribution in [3.63, 3.8) is 0 Å². The van der Waals surface area contributed by atoms with Crippen molar-refractivity contribution < 1.29 is 15.0 Å². The van der Waals surface area contributed by atoms with E-state index in [9.17, 15) is 9.90 Å². The van der Waals surface area contributed by atoms with Crippen LogP contribution in [0.4, 0.5) is 0 Å². The van der Waals surface area contributed by atoms with Crippen LogP contribution in [0.1, 0.15) is 78.1 Å². The number of hydrogen-bond donors (Lipinski definition) is 2. The van der Waals surface area contributed by atoms with Crippen molar-refractivity contribution in [3.8, 4) is 0 Å². The minimum absolute atomic E-state index is 0.0831. The number of carbonyl (C=O) groups is 1. The van der Waals surface area contributed by atoms with Crippen molar-refractivity contribution in [2.45, 2.75) is 84.2 Å². The molecule has 4 saturated carbocycles. The Labute approximate surface area is 146 Å². The number of aliphatic carboxylic acids is 1. The molecule has 4 rings (SSSR count). The lowest BCUT2D eigenvalue weighted by atomic mass is 9.44. The standard InChI is InChI=1S/C21H34O3/c1-20-9-7-13(12-19(23)24)11-14(20)3-4-15-16-5-6-18(22)21(16,2)10-8-17(15)20/h13-18,22H,3-12H2,1-2H3,(H,23,24)/t13-,14-,15+,16+,17+,18-,20-,21-/m0/s1. The van der Waals surface area contributed by atoms with Crippen molar-refractivity contribution in [1.29, 1.82) is 0 Å². The van der Waals surface area contributed by atoms with Crippen LogP contribution in [-0.4, -0.2) is 22.3 Å². The van der Waals surface area contributed by atoms with Gasteiger partial charge in [-0.25, -0.2) is 0 Å². The highest BCUT2D eigenvalue weighted by Crippen LogP contribution is 2.66. The Balaban J connectivity index is 1.53. The lowest BCUT2D eigenvalue weighted by molar-refractivity contribution is -0.142. The second-order valence-electron chi connectivity index (χ2n) is 10.0. The molecule has 0 unspecified atom stereocenters.